The number of hydrogen-bond acceptors (Lipinski definition) is 6. The van der Waals surface area contributed by atoms with Gasteiger partial charge in [-0.25, -0.2) is 0 Å². The van der Waals surface area contributed by atoms with E-state index in [4.69, 9.17) is 9.47 Å². The van der Waals surface area contributed by atoms with Gasteiger partial charge in [-0.3, -0.25) is 19.7 Å². The van der Waals surface area contributed by atoms with Crippen LogP contribution in [0.25, 0.3) is 11.4 Å². The molecule has 2 N–H and O–H groups in total. The van der Waals surface area contributed by atoms with Gasteiger partial charge in [0.15, 0.2) is 0 Å². The summed E-state index contributed by atoms with van der Waals surface area (Å²) in [4.78, 5) is 32.2. The van der Waals surface area contributed by atoms with Crippen LogP contribution in [0, 0.1) is 5.92 Å². The van der Waals surface area contributed by atoms with Crippen molar-refractivity contribution in [1.82, 2.24) is 20.1 Å². The van der Waals surface area contributed by atoms with Crippen molar-refractivity contribution in [3.05, 3.63) is 54.4 Å². The molecule has 0 aliphatic carbocycles. The van der Waals surface area contributed by atoms with Crippen molar-refractivity contribution in [2.75, 3.05) is 31.6 Å². The number of aromatic amines is 1. The van der Waals surface area contributed by atoms with Gasteiger partial charge in [-0.05, 0) is 57.0 Å². The third-order valence-electron chi connectivity index (χ3n) is 5.63. The van der Waals surface area contributed by atoms with Gasteiger partial charge in [0.25, 0.3) is 5.91 Å². The van der Waals surface area contributed by atoms with Crippen LogP contribution in [0.15, 0.2) is 48.7 Å². The highest BCUT2D eigenvalue weighted by Gasteiger charge is 2.30. The Balaban J connectivity index is 1.44. The molecule has 1 aliphatic rings. The van der Waals surface area contributed by atoms with E-state index < -0.39 is 0 Å². The molecular weight excluding hydrogens is 434 g/mol. The lowest BCUT2D eigenvalue weighted by atomic mass is 9.96. The molecule has 34 heavy (non-hydrogen) atoms. The van der Waals surface area contributed by atoms with Crippen molar-refractivity contribution >= 4 is 17.5 Å². The SMILES string of the molecule is CCOc1ccc(OCC)c(NC(=O)[C@@H]2CCCN(C(=O)c3cc(-c4ccccn4)n[nH]3)C2)c1. The molecule has 9 heteroatoms. The number of ether oxygens (including phenoxy) is 2. The largest absolute Gasteiger partial charge is 0.494 e. The van der Waals surface area contributed by atoms with Gasteiger partial charge in [0.2, 0.25) is 5.91 Å². The van der Waals surface area contributed by atoms with Crippen LogP contribution in [0.2, 0.25) is 0 Å². The highest BCUT2D eigenvalue weighted by atomic mass is 16.5. The number of pyridine rings is 1. The highest BCUT2D eigenvalue weighted by molar-refractivity contribution is 5.96. The minimum Gasteiger partial charge on any atom is -0.494 e. The minimum atomic E-state index is -0.332. The third kappa shape index (κ3) is 5.36. The van der Waals surface area contributed by atoms with Crippen molar-refractivity contribution < 1.29 is 19.1 Å². The van der Waals surface area contributed by atoms with E-state index >= 15 is 0 Å². The number of benzene rings is 1. The standard InChI is InChI=1S/C25H29N5O4/c1-3-33-18-10-11-23(34-4-2)21(14-18)27-24(31)17-8-7-13-30(16-17)25(32)22-15-20(28-29-22)19-9-5-6-12-26-19/h5-6,9-12,14-15,17H,3-4,7-8,13,16H2,1-2H3,(H,27,31)(H,28,29)/t17-/m1/s1. The van der Waals surface area contributed by atoms with Crippen LogP contribution in [-0.4, -0.2) is 58.2 Å². The number of nitrogens with one attached hydrogen (secondary N) is 2. The number of H-pyrrole nitrogens is 1. The number of hydrogen-bond donors (Lipinski definition) is 2. The number of aromatic nitrogens is 3. The van der Waals surface area contributed by atoms with Crippen LogP contribution in [0.3, 0.4) is 0 Å². The summed E-state index contributed by atoms with van der Waals surface area (Å²) < 4.78 is 11.2. The molecule has 1 aliphatic heterocycles. The van der Waals surface area contributed by atoms with Crippen LogP contribution in [0.5, 0.6) is 11.5 Å². The molecule has 1 saturated heterocycles. The van der Waals surface area contributed by atoms with Crippen LogP contribution in [0.4, 0.5) is 5.69 Å². The molecule has 0 bridgehead atoms. The molecule has 3 heterocycles. The summed E-state index contributed by atoms with van der Waals surface area (Å²) in [7, 11) is 0. The van der Waals surface area contributed by atoms with E-state index in [2.05, 4.69) is 20.5 Å². The normalized spacial score (nSPS) is 15.6. The predicted octanol–water partition coefficient (Wildman–Crippen LogP) is 3.76. The van der Waals surface area contributed by atoms with E-state index in [9.17, 15) is 9.59 Å². The topological polar surface area (TPSA) is 109 Å². The van der Waals surface area contributed by atoms with Crippen LogP contribution >= 0.6 is 0 Å². The first-order valence-electron chi connectivity index (χ1n) is 11.6. The fraction of sp³-hybridized carbons (Fsp3) is 0.360. The second-order valence-electron chi connectivity index (χ2n) is 7.99. The van der Waals surface area contributed by atoms with E-state index in [1.54, 1.807) is 29.3 Å². The van der Waals surface area contributed by atoms with Gasteiger partial charge in [0, 0.05) is 25.4 Å². The Kier molecular flexibility index (Phi) is 7.41. The van der Waals surface area contributed by atoms with Gasteiger partial charge in [-0.1, -0.05) is 6.07 Å². The predicted molar refractivity (Wildman–Crippen MR) is 128 cm³/mol. The molecule has 178 valence electrons. The quantitative estimate of drug-likeness (QED) is 0.526. The lowest BCUT2D eigenvalue weighted by molar-refractivity contribution is -0.121. The maximum atomic E-state index is 13.1. The molecule has 3 aromatic rings. The molecular formula is C25H29N5O4. The van der Waals surface area contributed by atoms with Crippen LogP contribution < -0.4 is 14.8 Å². The number of carbonyl (C=O) groups is 2. The van der Waals surface area contributed by atoms with E-state index in [1.807, 2.05) is 38.1 Å². The van der Waals surface area contributed by atoms with Gasteiger partial charge in [0.1, 0.15) is 22.9 Å². The molecule has 0 saturated carbocycles. The summed E-state index contributed by atoms with van der Waals surface area (Å²) in [5, 5.41) is 10.0. The Bertz CT molecular complexity index is 1130. The minimum absolute atomic E-state index is 0.147. The first-order valence-corrected chi connectivity index (χ1v) is 11.6. The van der Waals surface area contributed by atoms with E-state index in [0.29, 0.717) is 67.0 Å². The zero-order valence-corrected chi connectivity index (χ0v) is 19.4. The lowest BCUT2D eigenvalue weighted by Crippen LogP contribution is -2.43. The number of amides is 2. The summed E-state index contributed by atoms with van der Waals surface area (Å²) in [5.41, 5.74) is 2.24. The summed E-state index contributed by atoms with van der Waals surface area (Å²) in [6.45, 7) is 5.72. The Labute approximate surface area is 198 Å². The van der Waals surface area contributed by atoms with Crippen molar-refractivity contribution in [3.8, 4) is 22.9 Å². The number of likely N-dealkylation sites (tertiary alicyclic amines) is 1. The average Bonchev–Trinajstić information content (AvgIpc) is 3.36. The van der Waals surface area contributed by atoms with Crippen LogP contribution in [0.1, 0.15) is 37.2 Å². The Morgan fingerprint density at radius 3 is 2.74 bits per heavy atom. The number of anilines is 1. The number of carbonyl (C=O) groups excluding carboxylic acids is 2. The summed E-state index contributed by atoms with van der Waals surface area (Å²) in [6, 6.07) is 12.6. The molecule has 1 atom stereocenters. The van der Waals surface area contributed by atoms with Crippen molar-refractivity contribution in [2.24, 2.45) is 5.92 Å². The third-order valence-corrected chi connectivity index (χ3v) is 5.63. The van der Waals surface area contributed by atoms with Crippen molar-refractivity contribution in [3.63, 3.8) is 0 Å². The summed E-state index contributed by atoms with van der Waals surface area (Å²) in [5.74, 6) is 0.583. The van der Waals surface area contributed by atoms with E-state index in [1.165, 1.54) is 0 Å². The molecule has 1 aromatic carbocycles. The average molecular weight is 464 g/mol. The molecule has 4 rings (SSSR count). The number of nitrogens with zero attached hydrogens (tertiary/aromatic N) is 3. The smallest absolute Gasteiger partial charge is 0.271 e. The lowest BCUT2D eigenvalue weighted by Gasteiger charge is -2.31. The Hall–Kier alpha value is -3.88. The summed E-state index contributed by atoms with van der Waals surface area (Å²) >= 11 is 0. The summed E-state index contributed by atoms with van der Waals surface area (Å²) in [6.07, 6.45) is 3.12. The molecule has 0 spiro atoms. The maximum absolute atomic E-state index is 13.1. The first kappa shape index (κ1) is 23.3. The van der Waals surface area contributed by atoms with Gasteiger partial charge >= 0.3 is 0 Å². The molecule has 0 radical (unpaired) electrons. The monoisotopic (exact) mass is 463 g/mol. The second-order valence-corrected chi connectivity index (χ2v) is 7.99. The molecule has 2 aromatic heterocycles. The fourth-order valence-electron chi connectivity index (χ4n) is 4.00. The zero-order chi connectivity index (χ0) is 23.9. The number of rotatable bonds is 8. The first-order chi connectivity index (χ1) is 16.6. The van der Waals surface area contributed by atoms with Crippen molar-refractivity contribution in [1.29, 1.82) is 0 Å². The molecule has 1 fully saturated rings. The highest BCUT2D eigenvalue weighted by Crippen LogP contribution is 2.31. The van der Waals surface area contributed by atoms with Gasteiger partial charge < -0.3 is 19.7 Å². The maximum Gasteiger partial charge on any atom is 0.271 e. The Morgan fingerprint density at radius 1 is 1.12 bits per heavy atom. The molecule has 0 unspecified atom stereocenters. The second kappa shape index (κ2) is 10.8. The van der Waals surface area contributed by atoms with Gasteiger partial charge in [-0.2, -0.15) is 5.10 Å². The molecule has 9 nitrogen and oxygen atoms in total. The zero-order valence-electron chi connectivity index (χ0n) is 19.4. The van der Waals surface area contributed by atoms with E-state index in [-0.39, 0.29) is 17.7 Å². The fourth-order valence-corrected chi connectivity index (χ4v) is 4.00. The Morgan fingerprint density at radius 2 is 1.97 bits per heavy atom. The van der Waals surface area contributed by atoms with Crippen LogP contribution in [-0.2, 0) is 4.79 Å². The molecule has 2 amide bonds. The number of piperidine rings is 1. The van der Waals surface area contributed by atoms with E-state index in [0.717, 1.165) is 6.42 Å². The van der Waals surface area contributed by atoms with Gasteiger partial charge in [-0.15, -0.1) is 0 Å². The van der Waals surface area contributed by atoms with Crippen molar-refractivity contribution in [2.45, 2.75) is 26.7 Å². The van der Waals surface area contributed by atoms with Gasteiger partial charge in [0.05, 0.1) is 30.5 Å².